The fourth-order valence-electron chi connectivity index (χ4n) is 3.39. The fourth-order valence-corrected chi connectivity index (χ4v) is 3.39. The Morgan fingerprint density at radius 2 is 1.80 bits per heavy atom. The lowest BCUT2D eigenvalue weighted by Gasteiger charge is -2.31. The van der Waals surface area contributed by atoms with Crippen LogP contribution in [-0.2, 0) is 16.0 Å². The Bertz CT molecular complexity index is 534. The Morgan fingerprint density at radius 1 is 1.10 bits per heavy atom. The molecule has 0 radical (unpaired) electrons. The molecule has 20 heavy (non-hydrogen) atoms. The van der Waals surface area contributed by atoms with E-state index in [9.17, 15) is 14.7 Å². The molecule has 0 bridgehead atoms. The summed E-state index contributed by atoms with van der Waals surface area (Å²) in [5, 5.41) is 11.4. The van der Waals surface area contributed by atoms with Gasteiger partial charge in [0.2, 0.25) is 5.91 Å². The number of benzene rings is 1. The van der Waals surface area contributed by atoms with Crippen LogP contribution < -0.4 is 10.0 Å². The summed E-state index contributed by atoms with van der Waals surface area (Å²) in [7, 11) is 0. The van der Waals surface area contributed by atoms with Gasteiger partial charge in [0.1, 0.15) is 0 Å². The lowest BCUT2D eigenvalue weighted by Crippen LogP contribution is -2.51. The molecule has 0 N–H and O–H groups in total. The van der Waals surface area contributed by atoms with Gasteiger partial charge in [0.05, 0.1) is 12.0 Å². The molecule has 1 fully saturated rings. The van der Waals surface area contributed by atoms with Gasteiger partial charge in [0.15, 0.2) is 0 Å². The van der Waals surface area contributed by atoms with Gasteiger partial charge in [0, 0.05) is 18.0 Å². The quantitative estimate of drug-likeness (QED) is 0.814. The lowest BCUT2D eigenvalue weighted by atomic mass is 9.88. The van der Waals surface area contributed by atoms with Crippen molar-refractivity contribution in [3.8, 4) is 0 Å². The second kappa shape index (κ2) is 5.27. The van der Waals surface area contributed by atoms with Crippen LogP contribution in [0, 0.1) is 5.92 Å². The zero-order chi connectivity index (χ0) is 14.1. The molecule has 1 aromatic rings. The normalized spacial score (nSPS) is 22.6. The molecule has 4 nitrogen and oxygen atoms in total. The maximum atomic E-state index is 12.7. The van der Waals surface area contributed by atoms with Gasteiger partial charge in [0.25, 0.3) is 0 Å². The molecule has 0 saturated heterocycles. The zero-order valence-corrected chi connectivity index (χ0v) is 11.4. The fraction of sp³-hybridized carbons (Fsp3) is 0.500. The first-order valence-electron chi connectivity index (χ1n) is 7.30. The standard InChI is InChI=1S/C16H19NO3/c18-15(11-6-2-1-3-7-11)17-13-9-5-4-8-12(13)10-14(17)16(19)20/h4-5,8-9,11,14H,1-3,6-7,10H2,(H,19,20)/p-1. The van der Waals surface area contributed by atoms with Crippen molar-refractivity contribution in [2.75, 3.05) is 4.90 Å². The molecule has 1 heterocycles. The minimum atomic E-state index is -1.16. The smallest absolute Gasteiger partial charge is 0.230 e. The van der Waals surface area contributed by atoms with Crippen LogP contribution in [0.1, 0.15) is 37.7 Å². The van der Waals surface area contributed by atoms with Gasteiger partial charge in [-0.15, -0.1) is 0 Å². The summed E-state index contributed by atoms with van der Waals surface area (Å²) in [6.07, 6.45) is 5.39. The number of carbonyl (C=O) groups excluding carboxylic acids is 2. The van der Waals surface area contributed by atoms with Gasteiger partial charge in [-0.3, -0.25) is 4.79 Å². The molecular weight excluding hydrogens is 254 g/mol. The Morgan fingerprint density at radius 3 is 2.50 bits per heavy atom. The molecule has 1 amide bonds. The number of carbonyl (C=O) groups is 2. The number of nitrogens with zero attached hydrogens (tertiary/aromatic N) is 1. The van der Waals surface area contributed by atoms with Crippen LogP contribution in [0.3, 0.4) is 0 Å². The van der Waals surface area contributed by atoms with Crippen molar-refractivity contribution in [2.45, 2.75) is 44.6 Å². The van der Waals surface area contributed by atoms with Crippen LogP contribution >= 0.6 is 0 Å². The van der Waals surface area contributed by atoms with E-state index in [4.69, 9.17) is 0 Å². The van der Waals surface area contributed by atoms with E-state index in [1.807, 2.05) is 24.3 Å². The van der Waals surface area contributed by atoms with Crippen LogP contribution in [0.4, 0.5) is 5.69 Å². The van der Waals surface area contributed by atoms with E-state index in [1.165, 1.54) is 11.3 Å². The number of carboxylic acids is 1. The van der Waals surface area contributed by atoms with E-state index in [-0.39, 0.29) is 11.8 Å². The molecule has 106 valence electrons. The monoisotopic (exact) mass is 272 g/mol. The highest BCUT2D eigenvalue weighted by molar-refractivity contribution is 6.02. The highest BCUT2D eigenvalue weighted by Gasteiger charge is 2.37. The number of fused-ring (bicyclic) bond motifs is 1. The summed E-state index contributed by atoms with van der Waals surface area (Å²) >= 11 is 0. The summed E-state index contributed by atoms with van der Waals surface area (Å²) in [4.78, 5) is 25.5. The molecule has 1 aliphatic heterocycles. The highest BCUT2D eigenvalue weighted by atomic mass is 16.4. The van der Waals surface area contributed by atoms with Crippen LogP contribution in [-0.4, -0.2) is 17.9 Å². The van der Waals surface area contributed by atoms with Gasteiger partial charge in [-0.2, -0.15) is 0 Å². The van der Waals surface area contributed by atoms with E-state index in [1.54, 1.807) is 0 Å². The number of hydrogen-bond donors (Lipinski definition) is 0. The second-order valence-corrected chi connectivity index (χ2v) is 5.71. The number of rotatable bonds is 2. The molecular formula is C16H18NO3-. The topological polar surface area (TPSA) is 60.4 Å². The molecule has 1 saturated carbocycles. The summed E-state index contributed by atoms with van der Waals surface area (Å²) < 4.78 is 0. The summed E-state index contributed by atoms with van der Waals surface area (Å²) in [6.45, 7) is 0. The molecule has 0 aromatic heterocycles. The third-order valence-electron chi connectivity index (χ3n) is 4.44. The van der Waals surface area contributed by atoms with E-state index >= 15 is 0 Å². The van der Waals surface area contributed by atoms with Gasteiger partial charge in [-0.05, 0) is 24.5 Å². The number of amides is 1. The van der Waals surface area contributed by atoms with E-state index < -0.39 is 12.0 Å². The first kappa shape index (κ1) is 13.2. The molecule has 1 aromatic carbocycles. The number of anilines is 1. The number of aliphatic carboxylic acids is 1. The van der Waals surface area contributed by atoms with E-state index in [2.05, 4.69) is 0 Å². The van der Waals surface area contributed by atoms with Gasteiger partial charge >= 0.3 is 0 Å². The molecule has 4 heteroatoms. The molecule has 1 atom stereocenters. The predicted octanol–water partition coefficient (Wildman–Crippen LogP) is 1.27. The van der Waals surface area contributed by atoms with Crippen molar-refractivity contribution in [3.63, 3.8) is 0 Å². The first-order chi connectivity index (χ1) is 9.68. The Kier molecular flexibility index (Phi) is 3.47. The largest absolute Gasteiger partial charge is 0.548 e. The second-order valence-electron chi connectivity index (χ2n) is 5.71. The van der Waals surface area contributed by atoms with Crippen molar-refractivity contribution < 1.29 is 14.7 Å². The van der Waals surface area contributed by atoms with E-state index in [0.29, 0.717) is 6.42 Å². The molecule has 2 aliphatic rings. The maximum Gasteiger partial charge on any atom is 0.230 e. The Hall–Kier alpha value is -1.84. The van der Waals surface area contributed by atoms with Gasteiger partial charge in [-0.25, -0.2) is 0 Å². The predicted molar refractivity (Wildman–Crippen MR) is 73.0 cm³/mol. The summed E-state index contributed by atoms with van der Waals surface area (Å²) in [5.41, 5.74) is 1.67. The third-order valence-corrected chi connectivity index (χ3v) is 4.44. The van der Waals surface area contributed by atoms with Crippen LogP contribution in [0.15, 0.2) is 24.3 Å². The molecule has 1 unspecified atom stereocenters. The Labute approximate surface area is 118 Å². The van der Waals surface area contributed by atoms with Gasteiger partial charge < -0.3 is 14.8 Å². The third kappa shape index (κ3) is 2.19. The SMILES string of the molecule is O=C([O-])C1Cc2ccccc2N1C(=O)C1CCCCC1. The summed E-state index contributed by atoms with van der Waals surface area (Å²) in [5.74, 6) is -1.23. The van der Waals surface area contributed by atoms with Crippen molar-refractivity contribution in [1.29, 1.82) is 0 Å². The first-order valence-corrected chi connectivity index (χ1v) is 7.30. The zero-order valence-electron chi connectivity index (χ0n) is 11.4. The van der Waals surface area contributed by atoms with Crippen LogP contribution in [0.5, 0.6) is 0 Å². The van der Waals surface area contributed by atoms with Crippen LogP contribution in [0.2, 0.25) is 0 Å². The number of para-hydroxylation sites is 1. The number of carboxylic acid groups (broad SMARTS) is 1. The molecule has 0 spiro atoms. The Balaban J connectivity index is 1.91. The lowest BCUT2D eigenvalue weighted by molar-refractivity contribution is -0.307. The summed E-state index contributed by atoms with van der Waals surface area (Å²) in [6, 6.07) is 6.59. The van der Waals surface area contributed by atoms with Crippen molar-refractivity contribution >= 4 is 17.6 Å². The van der Waals surface area contributed by atoms with Crippen molar-refractivity contribution in [1.82, 2.24) is 0 Å². The average Bonchev–Trinajstić information content (AvgIpc) is 2.87. The minimum absolute atomic E-state index is 0.0308. The average molecular weight is 272 g/mol. The minimum Gasteiger partial charge on any atom is -0.548 e. The van der Waals surface area contributed by atoms with Crippen molar-refractivity contribution in [3.05, 3.63) is 29.8 Å². The van der Waals surface area contributed by atoms with Crippen molar-refractivity contribution in [2.24, 2.45) is 5.92 Å². The number of hydrogen-bond acceptors (Lipinski definition) is 3. The van der Waals surface area contributed by atoms with Gasteiger partial charge in [-0.1, -0.05) is 37.5 Å². The van der Waals surface area contributed by atoms with E-state index in [0.717, 1.165) is 36.9 Å². The highest BCUT2D eigenvalue weighted by Crippen LogP contribution is 2.35. The maximum absolute atomic E-state index is 12.7. The molecule has 1 aliphatic carbocycles. The van der Waals surface area contributed by atoms with Crippen LogP contribution in [0.25, 0.3) is 0 Å². The molecule has 3 rings (SSSR count).